The third-order valence-electron chi connectivity index (χ3n) is 4.59. The first-order valence-electron chi connectivity index (χ1n) is 9.00. The van der Waals surface area contributed by atoms with Crippen molar-refractivity contribution in [2.75, 3.05) is 0 Å². The molecule has 0 fully saturated rings. The maximum atomic E-state index is 13.0. The van der Waals surface area contributed by atoms with Gasteiger partial charge in [0.15, 0.2) is 0 Å². The predicted molar refractivity (Wildman–Crippen MR) is 109 cm³/mol. The van der Waals surface area contributed by atoms with Gasteiger partial charge < -0.3 is 26.6 Å². The molecule has 0 bridgehead atoms. The zero-order valence-electron chi connectivity index (χ0n) is 15.8. The summed E-state index contributed by atoms with van der Waals surface area (Å²) in [7, 11) is -3.70. The summed E-state index contributed by atoms with van der Waals surface area (Å²) >= 11 is 0. The predicted octanol–water partition coefficient (Wildman–Crippen LogP) is 1.57. The van der Waals surface area contributed by atoms with Crippen LogP contribution in [-0.2, 0) is 39.3 Å². The van der Waals surface area contributed by atoms with Crippen LogP contribution in [0.25, 0.3) is 0 Å². The molecule has 0 aliphatic rings. The van der Waals surface area contributed by atoms with Crippen LogP contribution in [0.4, 0.5) is 0 Å². The fraction of sp³-hybridized carbons (Fsp3) is 0.300. The lowest BCUT2D eigenvalue weighted by atomic mass is 10.0. The molecule has 0 aliphatic heterocycles. The summed E-state index contributed by atoms with van der Waals surface area (Å²) in [4.78, 5) is 32.7. The minimum absolute atomic E-state index is 0.0511. The molecule has 7 N–H and O–H groups in total. The number of hydrogen-bond acceptors (Lipinski definition) is 5. The lowest BCUT2D eigenvalue weighted by molar-refractivity contribution is -0.139. The van der Waals surface area contributed by atoms with Crippen molar-refractivity contribution in [3.8, 4) is 0 Å². The van der Waals surface area contributed by atoms with Crippen LogP contribution in [0.1, 0.15) is 22.3 Å². The Morgan fingerprint density at radius 2 is 1.07 bits per heavy atom. The summed E-state index contributed by atoms with van der Waals surface area (Å²) in [5.74, 6) is -2.29. The maximum absolute atomic E-state index is 13.0. The zero-order chi connectivity index (χ0) is 21.6. The van der Waals surface area contributed by atoms with Crippen molar-refractivity contribution in [3.05, 3.63) is 70.8 Å². The first-order valence-corrected chi connectivity index (χ1v) is 11.0. The Hall–Kier alpha value is -2.51. The van der Waals surface area contributed by atoms with E-state index in [0.717, 1.165) is 0 Å². The van der Waals surface area contributed by atoms with Crippen molar-refractivity contribution in [2.45, 2.75) is 37.2 Å². The minimum atomic E-state index is -3.70. The van der Waals surface area contributed by atoms with Crippen LogP contribution in [0, 0.1) is 0 Å². The van der Waals surface area contributed by atoms with E-state index in [1.807, 2.05) is 0 Å². The van der Waals surface area contributed by atoms with Crippen LogP contribution in [0.2, 0.25) is 0 Å². The second-order valence-corrected chi connectivity index (χ2v) is 9.32. The summed E-state index contributed by atoms with van der Waals surface area (Å²) < 4.78 is 13.0. The average Bonchev–Trinajstić information content (AvgIpc) is 2.64. The van der Waals surface area contributed by atoms with Gasteiger partial charge in [-0.2, -0.15) is 0 Å². The van der Waals surface area contributed by atoms with Gasteiger partial charge >= 0.3 is 11.9 Å². The topological polar surface area (TPSA) is 164 Å². The number of carboxylic acid groups (broad SMARTS) is 2. The molecule has 2 unspecified atom stereocenters. The number of carboxylic acids is 2. The highest BCUT2D eigenvalue weighted by molar-refractivity contribution is 7.56. The van der Waals surface area contributed by atoms with Crippen LogP contribution in [0.5, 0.6) is 0 Å². The molecular formula is C20H25N2O6P. The summed E-state index contributed by atoms with van der Waals surface area (Å²) in [5.41, 5.74) is 13.6. The number of nitrogens with two attached hydrogens (primary N) is 2. The van der Waals surface area contributed by atoms with Crippen LogP contribution < -0.4 is 11.5 Å². The zero-order valence-corrected chi connectivity index (χ0v) is 16.7. The first-order chi connectivity index (χ1) is 13.6. The SMILES string of the molecule is NC(Cc1ccccc1CP(=O)(O)Cc1ccccc1CC(N)C(=O)O)C(=O)O. The molecule has 0 radical (unpaired) electrons. The van der Waals surface area contributed by atoms with Gasteiger partial charge in [0.25, 0.3) is 0 Å². The molecule has 2 aromatic carbocycles. The highest BCUT2D eigenvalue weighted by atomic mass is 31.2. The molecule has 0 spiro atoms. The van der Waals surface area contributed by atoms with Crippen LogP contribution in [-0.4, -0.2) is 39.1 Å². The van der Waals surface area contributed by atoms with Gasteiger partial charge in [0.05, 0.1) is 12.3 Å². The van der Waals surface area contributed by atoms with Crippen LogP contribution >= 0.6 is 7.37 Å². The molecule has 2 atom stereocenters. The van der Waals surface area contributed by atoms with Crippen LogP contribution in [0.3, 0.4) is 0 Å². The van der Waals surface area contributed by atoms with E-state index in [1.54, 1.807) is 48.5 Å². The van der Waals surface area contributed by atoms with Gasteiger partial charge in [0.2, 0.25) is 7.37 Å². The molecule has 0 saturated carbocycles. The van der Waals surface area contributed by atoms with E-state index in [4.69, 9.17) is 21.7 Å². The third kappa shape index (κ3) is 6.80. The van der Waals surface area contributed by atoms with Gasteiger partial charge in [-0.05, 0) is 35.1 Å². The van der Waals surface area contributed by atoms with Gasteiger partial charge in [-0.3, -0.25) is 14.2 Å². The fourth-order valence-corrected chi connectivity index (χ4v) is 4.85. The Bertz CT molecular complexity index is 861. The second-order valence-electron chi connectivity index (χ2n) is 7.00. The normalized spacial score (nSPS) is 15.3. The van der Waals surface area contributed by atoms with E-state index in [0.29, 0.717) is 22.3 Å². The summed E-state index contributed by atoms with van der Waals surface area (Å²) in [6.07, 6.45) is -0.186. The second kappa shape index (κ2) is 9.80. The molecule has 0 aromatic heterocycles. The largest absolute Gasteiger partial charge is 0.480 e. The Kier molecular flexibility index (Phi) is 7.70. The first kappa shape index (κ1) is 22.8. The summed E-state index contributed by atoms with van der Waals surface area (Å²) in [6.45, 7) is 0. The van der Waals surface area contributed by atoms with Gasteiger partial charge in [0, 0.05) is 0 Å². The Morgan fingerprint density at radius 1 is 0.759 bits per heavy atom. The van der Waals surface area contributed by atoms with E-state index in [2.05, 4.69) is 0 Å². The van der Waals surface area contributed by atoms with Gasteiger partial charge in [0.1, 0.15) is 12.1 Å². The van der Waals surface area contributed by atoms with Crippen molar-refractivity contribution in [1.29, 1.82) is 0 Å². The van der Waals surface area contributed by atoms with Crippen LogP contribution in [0.15, 0.2) is 48.5 Å². The number of aliphatic carboxylic acids is 2. The molecule has 2 rings (SSSR count). The number of hydrogen-bond donors (Lipinski definition) is 5. The molecule has 9 heteroatoms. The molecule has 0 saturated heterocycles. The van der Waals surface area contributed by atoms with E-state index >= 15 is 0 Å². The third-order valence-corrected chi connectivity index (χ3v) is 6.26. The van der Waals surface area contributed by atoms with Crippen molar-refractivity contribution < 1.29 is 29.3 Å². The van der Waals surface area contributed by atoms with E-state index in [-0.39, 0.29) is 25.2 Å². The molecule has 0 amide bonds. The number of benzene rings is 2. The number of carbonyl (C=O) groups is 2. The Balaban J connectivity index is 2.21. The fourth-order valence-electron chi connectivity index (χ4n) is 3.06. The smallest absolute Gasteiger partial charge is 0.320 e. The van der Waals surface area contributed by atoms with Crippen molar-refractivity contribution in [3.63, 3.8) is 0 Å². The lowest BCUT2D eigenvalue weighted by Crippen LogP contribution is -2.32. The highest BCUT2D eigenvalue weighted by Gasteiger charge is 2.24. The Labute approximate surface area is 168 Å². The van der Waals surface area contributed by atoms with Crippen molar-refractivity contribution in [1.82, 2.24) is 0 Å². The van der Waals surface area contributed by atoms with E-state index < -0.39 is 31.4 Å². The molecule has 156 valence electrons. The standard InChI is InChI=1S/C20H25N2O6P/c21-17(19(23)24)9-13-5-1-3-7-15(13)11-29(27,28)12-16-8-4-2-6-14(16)10-18(22)20(25)26/h1-8,17-18H,9-12,21-22H2,(H,23,24)(H,25,26)(H,27,28). The number of rotatable bonds is 10. The highest BCUT2D eigenvalue weighted by Crippen LogP contribution is 2.49. The van der Waals surface area contributed by atoms with E-state index in [1.165, 1.54) is 0 Å². The van der Waals surface area contributed by atoms with Gasteiger partial charge in [-0.25, -0.2) is 0 Å². The molecule has 0 heterocycles. The molecule has 29 heavy (non-hydrogen) atoms. The summed E-state index contributed by atoms with van der Waals surface area (Å²) in [6, 6.07) is 11.4. The van der Waals surface area contributed by atoms with Crippen molar-refractivity contribution >= 4 is 19.3 Å². The molecular weight excluding hydrogens is 395 g/mol. The van der Waals surface area contributed by atoms with Crippen molar-refractivity contribution in [2.24, 2.45) is 11.5 Å². The minimum Gasteiger partial charge on any atom is -0.480 e. The van der Waals surface area contributed by atoms with Gasteiger partial charge in [-0.1, -0.05) is 48.5 Å². The maximum Gasteiger partial charge on any atom is 0.320 e. The monoisotopic (exact) mass is 420 g/mol. The van der Waals surface area contributed by atoms with E-state index in [9.17, 15) is 19.0 Å². The lowest BCUT2D eigenvalue weighted by Gasteiger charge is -2.18. The molecule has 0 aliphatic carbocycles. The van der Waals surface area contributed by atoms with Gasteiger partial charge in [-0.15, -0.1) is 0 Å². The molecule has 2 aromatic rings. The molecule has 8 nitrogen and oxygen atoms in total. The Morgan fingerprint density at radius 3 is 1.38 bits per heavy atom. The average molecular weight is 420 g/mol. The summed E-state index contributed by atoms with van der Waals surface area (Å²) in [5, 5.41) is 18.0. The quantitative estimate of drug-likeness (QED) is 0.361.